The van der Waals surface area contributed by atoms with Crippen LogP contribution in [0.4, 0.5) is 0 Å². The molecule has 0 aliphatic carbocycles. The van der Waals surface area contributed by atoms with Gasteiger partial charge in [-0.1, -0.05) is 11.6 Å². The lowest BCUT2D eigenvalue weighted by atomic mass is 10.1. The molecule has 2 rings (SSSR count). The molecule has 0 fully saturated rings. The first-order valence-electron chi connectivity index (χ1n) is 3.31. The number of fused-ring (bicyclic) bond motifs is 1. The summed E-state index contributed by atoms with van der Waals surface area (Å²) in [6, 6.07) is 0. The SMILES string of the molecule is CC1=C[N]C2=NC=CC2=C1Cl. The van der Waals surface area contributed by atoms with Crippen molar-refractivity contribution in [2.75, 3.05) is 0 Å². The number of hydrogen-bond acceptors (Lipinski definition) is 1. The van der Waals surface area contributed by atoms with Gasteiger partial charge in [0.25, 0.3) is 0 Å². The van der Waals surface area contributed by atoms with Gasteiger partial charge in [-0.15, -0.1) is 0 Å². The monoisotopic (exact) mass is 165 g/mol. The van der Waals surface area contributed by atoms with Crippen molar-refractivity contribution < 1.29 is 0 Å². The van der Waals surface area contributed by atoms with E-state index in [1.807, 2.05) is 13.0 Å². The summed E-state index contributed by atoms with van der Waals surface area (Å²) in [7, 11) is 0. The third-order valence-electron chi connectivity index (χ3n) is 1.64. The molecule has 0 N–H and O–H groups in total. The van der Waals surface area contributed by atoms with Gasteiger partial charge in [-0.2, -0.15) is 0 Å². The minimum Gasteiger partial charge on any atom is -0.237 e. The van der Waals surface area contributed by atoms with E-state index >= 15 is 0 Å². The van der Waals surface area contributed by atoms with Crippen LogP contribution in [0.25, 0.3) is 0 Å². The van der Waals surface area contributed by atoms with Crippen LogP contribution in [0.15, 0.2) is 39.6 Å². The predicted octanol–water partition coefficient (Wildman–Crippen LogP) is 1.93. The first kappa shape index (κ1) is 6.68. The van der Waals surface area contributed by atoms with E-state index in [4.69, 9.17) is 11.6 Å². The molecule has 0 saturated heterocycles. The molecule has 2 aliphatic rings. The minimum atomic E-state index is 0.723. The van der Waals surface area contributed by atoms with Crippen molar-refractivity contribution in [2.24, 2.45) is 4.99 Å². The highest BCUT2D eigenvalue weighted by Crippen LogP contribution is 2.26. The van der Waals surface area contributed by atoms with Crippen LogP contribution in [-0.4, -0.2) is 5.84 Å². The molecule has 0 amide bonds. The van der Waals surface area contributed by atoms with Gasteiger partial charge in [-0.3, -0.25) is 0 Å². The second-order valence-corrected chi connectivity index (χ2v) is 2.82. The van der Waals surface area contributed by atoms with Crippen molar-refractivity contribution in [3.8, 4) is 0 Å². The van der Waals surface area contributed by atoms with Gasteiger partial charge in [-0.25, -0.2) is 10.3 Å². The lowest BCUT2D eigenvalue weighted by molar-refractivity contribution is 1.17. The topological polar surface area (TPSA) is 26.5 Å². The van der Waals surface area contributed by atoms with Gasteiger partial charge in [0.2, 0.25) is 0 Å². The van der Waals surface area contributed by atoms with Gasteiger partial charge in [0.05, 0.1) is 5.03 Å². The Balaban J connectivity index is 2.54. The average molecular weight is 166 g/mol. The summed E-state index contributed by atoms with van der Waals surface area (Å²) in [5.41, 5.74) is 1.93. The van der Waals surface area contributed by atoms with Crippen molar-refractivity contribution in [1.29, 1.82) is 0 Å². The molecule has 2 heterocycles. The second-order valence-electron chi connectivity index (χ2n) is 2.44. The third-order valence-corrected chi connectivity index (χ3v) is 2.14. The van der Waals surface area contributed by atoms with Crippen molar-refractivity contribution in [3.05, 3.63) is 34.7 Å². The van der Waals surface area contributed by atoms with E-state index in [1.54, 1.807) is 12.4 Å². The summed E-state index contributed by atoms with van der Waals surface area (Å²) in [5.74, 6) is 0.723. The van der Waals surface area contributed by atoms with Crippen LogP contribution in [0.1, 0.15) is 6.92 Å². The van der Waals surface area contributed by atoms with Gasteiger partial charge in [0, 0.05) is 18.0 Å². The molecule has 11 heavy (non-hydrogen) atoms. The van der Waals surface area contributed by atoms with Crippen LogP contribution in [0, 0.1) is 0 Å². The van der Waals surface area contributed by atoms with Gasteiger partial charge < -0.3 is 0 Å². The van der Waals surface area contributed by atoms with Crippen molar-refractivity contribution >= 4 is 17.4 Å². The van der Waals surface area contributed by atoms with E-state index < -0.39 is 0 Å². The zero-order chi connectivity index (χ0) is 7.84. The summed E-state index contributed by atoms with van der Waals surface area (Å²) in [6.07, 6.45) is 5.32. The number of rotatable bonds is 0. The molecule has 3 heteroatoms. The van der Waals surface area contributed by atoms with Crippen molar-refractivity contribution in [2.45, 2.75) is 6.92 Å². The van der Waals surface area contributed by atoms with E-state index in [9.17, 15) is 0 Å². The Morgan fingerprint density at radius 2 is 2.27 bits per heavy atom. The molecule has 2 nitrogen and oxygen atoms in total. The highest BCUT2D eigenvalue weighted by molar-refractivity contribution is 6.35. The highest BCUT2D eigenvalue weighted by Gasteiger charge is 2.18. The first-order chi connectivity index (χ1) is 5.29. The Bertz CT molecular complexity index is 321. The molecule has 0 saturated carbocycles. The number of aliphatic imine (C=N–C) groups is 1. The smallest absolute Gasteiger partial charge is 0.160 e. The molecule has 2 aliphatic heterocycles. The minimum absolute atomic E-state index is 0.723. The number of hydrogen-bond donors (Lipinski definition) is 0. The summed E-state index contributed by atoms with van der Waals surface area (Å²) >= 11 is 5.99. The predicted molar refractivity (Wildman–Crippen MR) is 45.3 cm³/mol. The number of amidine groups is 1. The van der Waals surface area contributed by atoms with Crippen LogP contribution < -0.4 is 5.32 Å². The van der Waals surface area contributed by atoms with E-state index in [-0.39, 0.29) is 0 Å². The fraction of sp³-hybridized carbons (Fsp3) is 0.125. The number of halogens is 1. The van der Waals surface area contributed by atoms with E-state index in [0.29, 0.717) is 0 Å². The zero-order valence-electron chi connectivity index (χ0n) is 6.00. The lowest BCUT2D eigenvalue weighted by Gasteiger charge is -2.10. The molecule has 0 aromatic carbocycles. The van der Waals surface area contributed by atoms with Crippen molar-refractivity contribution in [1.82, 2.24) is 5.32 Å². The fourth-order valence-electron chi connectivity index (χ4n) is 1.03. The third kappa shape index (κ3) is 0.906. The van der Waals surface area contributed by atoms with Gasteiger partial charge in [-0.05, 0) is 18.6 Å². The molecule has 0 aromatic heterocycles. The molecular formula is C8H6ClN2. The highest BCUT2D eigenvalue weighted by atomic mass is 35.5. The maximum absolute atomic E-state index is 5.99. The maximum Gasteiger partial charge on any atom is 0.160 e. The molecule has 1 radical (unpaired) electrons. The van der Waals surface area contributed by atoms with Crippen LogP contribution in [0.2, 0.25) is 0 Å². The van der Waals surface area contributed by atoms with Crippen LogP contribution in [0.3, 0.4) is 0 Å². The summed E-state index contributed by atoms with van der Waals surface area (Å²) < 4.78 is 0. The van der Waals surface area contributed by atoms with Gasteiger partial charge in [0.15, 0.2) is 5.84 Å². The molecule has 0 unspecified atom stereocenters. The van der Waals surface area contributed by atoms with Crippen molar-refractivity contribution in [3.63, 3.8) is 0 Å². The van der Waals surface area contributed by atoms with Gasteiger partial charge in [0.1, 0.15) is 0 Å². The maximum atomic E-state index is 5.99. The van der Waals surface area contributed by atoms with E-state index in [2.05, 4.69) is 10.3 Å². The van der Waals surface area contributed by atoms with Crippen LogP contribution >= 0.6 is 11.6 Å². The largest absolute Gasteiger partial charge is 0.237 e. The quantitative estimate of drug-likeness (QED) is 0.525. The number of nitrogens with zero attached hydrogens (tertiary/aromatic N) is 2. The summed E-state index contributed by atoms with van der Waals surface area (Å²) in [4.78, 5) is 4.03. The Hall–Kier alpha value is -1.02. The summed E-state index contributed by atoms with van der Waals surface area (Å²) in [6.45, 7) is 1.93. The molecule has 0 bridgehead atoms. The molecule has 0 aromatic rings. The Labute approximate surface area is 70.0 Å². The second kappa shape index (κ2) is 2.24. The average Bonchev–Trinajstić information content (AvgIpc) is 2.45. The zero-order valence-corrected chi connectivity index (χ0v) is 6.76. The molecule has 0 spiro atoms. The first-order valence-corrected chi connectivity index (χ1v) is 3.69. The molecule has 0 atom stereocenters. The number of allylic oxidation sites excluding steroid dienone is 2. The fourth-order valence-corrected chi connectivity index (χ4v) is 1.22. The Morgan fingerprint density at radius 3 is 3.09 bits per heavy atom. The van der Waals surface area contributed by atoms with Gasteiger partial charge >= 0.3 is 0 Å². The lowest BCUT2D eigenvalue weighted by Crippen LogP contribution is -2.15. The summed E-state index contributed by atoms with van der Waals surface area (Å²) in [5, 5.41) is 4.86. The van der Waals surface area contributed by atoms with Crippen LogP contribution in [0.5, 0.6) is 0 Å². The van der Waals surface area contributed by atoms with E-state index in [0.717, 1.165) is 22.0 Å². The Kier molecular flexibility index (Phi) is 1.36. The van der Waals surface area contributed by atoms with E-state index in [1.165, 1.54) is 0 Å². The Morgan fingerprint density at radius 1 is 1.45 bits per heavy atom. The normalized spacial score (nSPS) is 20.9. The van der Waals surface area contributed by atoms with Crippen LogP contribution in [-0.2, 0) is 0 Å². The molecule has 55 valence electrons. The standard InChI is InChI=1S/C8H6ClN2/c1-5-4-11-8-6(7(5)9)2-3-10-8/h2-4H,1H3. The molecular weight excluding hydrogens is 160 g/mol.